The van der Waals surface area contributed by atoms with Crippen LogP contribution in [0.2, 0.25) is 0 Å². The second-order valence-corrected chi connectivity index (χ2v) is 9.61. The Morgan fingerprint density at radius 2 is 1.48 bits per heavy atom. The molecule has 3 rings (SSSR count). The van der Waals surface area contributed by atoms with Crippen LogP contribution in [0.15, 0.2) is 70.6 Å². The largest absolute Gasteiger partial charge is 0.280 e. The van der Waals surface area contributed by atoms with E-state index in [2.05, 4.69) is 14.9 Å². The van der Waals surface area contributed by atoms with Gasteiger partial charge in [-0.1, -0.05) is 12.1 Å². The maximum atomic E-state index is 12.4. The van der Waals surface area contributed by atoms with Crippen molar-refractivity contribution in [1.29, 1.82) is 0 Å². The predicted octanol–water partition coefficient (Wildman–Crippen LogP) is 2.26. The van der Waals surface area contributed by atoms with E-state index in [9.17, 15) is 26.9 Å². The van der Waals surface area contributed by atoms with E-state index < -0.39 is 24.8 Å². The number of rotatable bonds is 6. The normalized spacial score (nSPS) is 11.8. The minimum atomic E-state index is -3.92. The Bertz CT molecular complexity index is 1260. The number of nitro groups is 1. The molecule has 1 N–H and O–H groups in total. The summed E-state index contributed by atoms with van der Waals surface area (Å²) in [4.78, 5) is 9.94. The molecule has 3 aromatic rings. The van der Waals surface area contributed by atoms with E-state index in [1.54, 1.807) is 12.1 Å². The monoisotopic (exact) mass is 434 g/mol. The molecule has 150 valence electrons. The summed E-state index contributed by atoms with van der Waals surface area (Å²) in [5.74, 6) is 0. The standard InChI is InChI=1S/C17H14N4O6S2/c1-28(24,25)17-11-10-16(18-19-17)12-2-4-13(5-3-12)20-29(26,27)15-8-6-14(7-9-15)21(22)23/h2-11,20H,1H3. The number of sulfone groups is 1. The molecule has 1 aromatic heterocycles. The molecule has 29 heavy (non-hydrogen) atoms. The molecule has 0 fully saturated rings. The minimum absolute atomic E-state index is 0.116. The first-order valence-electron chi connectivity index (χ1n) is 7.98. The molecule has 2 aromatic carbocycles. The van der Waals surface area contributed by atoms with Gasteiger partial charge in [-0.3, -0.25) is 14.8 Å². The highest BCUT2D eigenvalue weighted by Crippen LogP contribution is 2.23. The maximum Gasteiger partial charge on any atom is 0.269 e. The van der Waals surface area contributed by atoms with Gasteiger partial charge in [-0.2, -0.15) is 0 Å². The molecule has 0 saturated heterocycles. The van der Waals surface area contributed by atoms with Crippen LogP contribution in [-0.4, -0.2) is 38.2 Å². The van der Waals surface area contributed by atoms with Crippen LogP contribution in [0.5, 0.6) is 0 Å². The Balaban J connectivity index is 1.78. The third kappa shape index (κ3) is 4.73. The Labute approximate surface area is 166 Å². The summed E-state index contributed by atoms with van der Waals surface area (Å²) in [6.07, 6.45) is 1.03. The molecule has 0 spiro atoms. The zero-order valence-electron chi connectivity index (χ0n) is 14.9. The molecular formula is C17H14N4O6S2. The Hall–Kier alpha value is -3.38. The SMILES string of the molecule is CS(=O)(=O)c1ccc(-c2ccc(NS(=O)(=O)c3ccc([N+](=O)[O-])cc3)cc2)nn1. The number of non-ortho nitro benzene ring substituents is 1. The average molecular weight is 434 g/mol. The van der Waals surface area contributed by atoms with E-state index in [-0.39, 0.29) is 21.3 Å². The van der Waals surface area contributed by atoms with E-state index in [1.807, 2.05) is 0 Å². The first kappa shape index (κ1) is 20.4. The van der Waals surface area contributed by atoms with Gasteiger partial charge in [0.1, 0.15) is 0 Å². The number of nitrogens with one attached hydrogen (secondary N) is 1. The van der Waals surface area contributed by atoms with Gasteiger partial charge in [-0.25, -0.2) is 16.8 Å². The zero-order valence-corrected chi connectivity index (χ0v) is 16.5. The zero-order chi connectivity index (χ0) is 21.2. The lowest BCUT2D eigenvalue weighted by atomic mass is 10.1. The van der Waals surface area contributed by atoms with E-state index in [0.717, 1.165) is 30.5 Å². The van der Waals surface area contributed by atoms with Crippen LogP contribution in [0.1, 0.15) is 0 Å². The van der Waals surface area contributed by atoms with Crippen molar-refractivity contribution in [2.45, 2.75) is 9.92 Å². The fourth-order valence-electron chi connectivity index (χ4n) is 2.34. The van der Waals surface area contributed by atoms with Crippen molar-refractivity contribution in [3.05, 3.63) is 70.8 Å². The first-order valence-corrected chi connectivity index (χ1v) is 11.4. The van der Waals surface area contributed by atoms with Crippen molar-refractivity contribution in [2.24, 2.45) is 0 Å². The second-order valence-electron chi connectivity index (χ2n) is 5.96. The van der Waals surface area contributed by atoms with Crippen LogP contribution in [0, 0.1) is 10.1 Å². The van der Waals surface area contributed by atoms with Crippen molar-refractivity contribution in [1.82, 2.24) is 10.2 Å². The number of nitro benzene ring substituents is 1. The molecule has 12 heteroatoms. The van der Waals surface area contributed by atoms with Gasteiger partial charge in [0.25, 0.3) is 15.7 Å². The number of hydrogen-bond donors (Lipinski definition) is 1. The number of sulfonamides is 1. The third-order valence-corrected chi connectivity index (χ3v) is 6.19. The molecule has 1 heterocycles. The number of benzene rings is 2. The van der Waals surface area contributed by atoms with Gasteiger partial charge in [0, 0.05) is 29.6 Å². The minimum Gasteiger partial charge on any atom is -0.280 e. The van der Waals surface area contributed by atoms with Crippen molar-refractivity contribution in [3.8, 4) is 11.3 Å². The molecule has 0 unspecified atom stereocenters. The van der Waals surface area contributed by atoms with Crippen LogP contribution >= 0.6 is 0 Å². The quantitative estimate of drug-likeness (QED) is 0.458. The number of hydrogen-bond acceptors (Lipinski definition) is 8. The number of anilines is 1. The number of nitrogens with zero attached hydrogens (tertiary/aromatic N) is 3. The summed E-state index contributed by atoms with van der Waals surface area (Å²) in [6, 6.07) is 13.5. The molecule has 10 nitrogen and oxygen atoms in total. The highest BCUT2D eigenvalue weighted by atomic mass is 32.2. The van der Waals surface area contributed by atoms with Crippen LogP contribution in [0.3, 0.4) is 0 Å². The van der Waals surface area contributed by atoms with Crippen molar-refractivity contribution in [3.63, 3.8) is 0 Å². The van der Waals surface area contributed by atoms with Crippen LogP contribution in [-0.2, 0) is 19.9 Å². The lowest BCUT2D eigenvalue weighted by Gasteiger charge is -2.09. The van der Waals surface area contributed by atoms with Crippen LogP contribution < -0.4 is 4.72 Å². The highest BCUT2D eigenvalue weighted by Gasteiger charge is 2.16. The smallest absolute Gasteiger partial charge is 0.269 e. The van der Waals surface area contributed by atoms with E-state index >= 15 is 0 Å². The highest BCUT2D eigenvalue weighted by molar-refractivity contribution is 7.92. The Kier molecular flexibility index (Phi) is 5.31. The van der Waals surface area contributed by atoms with E-state index in [0.29, 0.717) is 11.3 Å². The molecule has 0 aliphatic carbocycles. The van der Waals surface area contributed by atoms with Crippen molar-refractivity contribution < 1.29 is 21.8 Å². The van der Waals surface area contributed by atoms with Gasteiger partial charge in [-0.05, 0) is 36.4 Å². The topological polar surface area (TPSA) is 149 Å². The van der Waals surface area contributed by atoms with Gasteiger partial charge >= 0.3 is 0 Å². The summed E-state index contributed by atoms with van der Waals surface area (Å²) in [6.45, 7) is 0. The van der Waals surface area contributed by atoms with Gasteiger partial charge in [0.2, 0.25) is 0 Å². The van der Waals surface area contributed by atoms with Gasteiger partial charge in [-0.15, -0.1) is 10.2 Å². The summed E-state index contributed by atoms with van der Waals surface area (Å²) >= 11 is 0. The predicted molar refractivity (Wildman–Crippen MR) is 104 cm³/mol. The van der Waals surface area contributed by atoms with Crippen molar-refractivity contribution in [2.75, 3.05) is 11.0 Å². The van der Waals surface area contributed by atoms with Crippen LogP contribution in [0.25, 0.3) is 11.3 Å². The van der Waals surface area contributed by atoms with E-state index in [1.165, 1.54) is 24.3 Å². The van der Waals surface area contributed by atoms with Gasteiger partial charge in [0.05, 0.1) is 15.5 Å². The summed E-state index contributed by atoms with van der Waals surface area (Å²) in [5.41, 5.74) is 1.09. The molecule has 0 amide bonds. The second kappa shape index (κ2) is 7.56. The van der Waals surface area contributed by atoms with E-state index in [4.69, 9.17) is 0 Å². The number of aromatic nitrogens is 2. The van der Waals surface area contributed by atoms with Crippen molar-refractivity contribution >= 4 is 31.2 Å². The fraction of sp³-hybridized carbons (Fsp3) is 0.0588. The molecule has 0 radical (unpaired) electrons. The summed E-state index contributed by atoms with van der Waals surface area (Å²) in [7, 11) is -7.37. The Morgan fingerprint density at radius 1 is 0.862 bits per heavy atom. The average Bonchev–Trinajstić information content (AvgIpc) is 2.68. The molecule has 0 aliphatic heterocycles. The Morgan fingerprint density at radius 3 is 1.97 bits per heavy atom. The third-order valence-electron chi connectivity index (χ3n) is 3.81. The molecular weight excluding hydrogens is 420 g/mol. The van der Waals surface area contributed by atoms with Crippen LogP contribution in [0.4, 0.5) is 11.4 Å². The lowest BCUT2D eigenvalue weighted by molar-refractivity contribution is -0.384. The molecule has 0 atom stereocenters. The molecule has 0 saturated carbocycles. The molecule has 0 bridgehead atoms. The van der Waals surface area contributed by atoms with Gasteiger partial charge in [0.15, 0.2) is 14.9 Å². The first-order chi connectivity index (χ1) is 13.6. The lowest BCUT2D eigenvalue weighted by Crippen LogP contribution is -2.12. The fourth-order valence-corrected chi connectivity index (χ4v) is 3.90. The maximum absolute atomic E-state index is 12.4. The van der Waals surface area contributed by atoms with Gasteiger partial charge < -0.3 is 0 Å². The summed E-state index contributed by atoms with van der Waals surface area (Å²) in [5, 5.41) is 18.1. The summed E-state index contributed by atoms with van der Waals surface area (Å²) < 4.78 is 50.0. The molecule has 0 aliphatic rings.